The van der Waals surface area contributed by atoms with Gasteiger partial charge in [-0.15, -0.1) is 0 Å². The molecule has 1 atom stereocenters. The monoisotopic (exact) mass is 390 g/mol. The van der Waals surface area contributed by atoms with Crippen LogP contribution in [0.1, 0.15) is 22.8 Å². The lowest BCUT2D eigenvalue weighted by molar-refractivity contribution is -0.143. The highest BCUT2D eigenvalue weighted by Gasteiger charge is 2.31. The summed E-state index contributed by atoms with van der Waals surface area (Å²) in [6, 6.07) is 10.5. The number of halogens is 1. The molecule has 0 spiro atoms. The summed E-state index contributed by atoms with van der Waals surface area (Å²) < 4.78 is 44.8. The molecule has 0 radical (unpaired) electrons. The van der Waals surface area contributed by atoms with E-state index < -0.39 is 40.2 Å². The lowest BCUT2D eigenvalue weighted by atomic mass is 10.1. The van der Waals surface area contributed by atoms with Gasteiger partial charge in [-0.25, -0.2) is 17.6 Å². The number of aliphatic imine (C=N–C) groups is 1. The second kappa shape index (κ2) is 7.28. The van der Waals surface area contributed by atoms with E-state index in [1.54, 1.807) is 18.2 Å². The van der Waals surface area contributed by atoms with Crippen LogP contribution in [0, 0.1) is 5.82 Å². The van der Waals surface area contributed by atoms with Crippen LogP contribution in [0.4, 0.5) is 4.39 Å². The maximum Gasteiger partial charge on any atom is 0.331 e. The largest absolute Gasteiger partial charge is 0.456 e. The Hall–Kier alpha value is -3.07. The Bertz CT molecular complexity index is 1050. The van der Waals surface area contributed by atoms with E-state index >= 15 is 0 Å². The molecule has 0 aromatic heterocycles. The third kappa shape index (κ3) is 3.87. The van der Waals surface area contributed by atoms with Crippen molar-refractivity contribution in [2.45, 2.75) is 17.9 Å². The number of ether oxygens (including phenoxy) is 1. The van der Waals surface area contributed by atoms with Crippen molar-refractivity contribution >= 4 is 27.6 Å². The van der Waals surface area contributed by atoms with Crippen molar-refractivity contribution in [3.8, 4) is 0 Å². The average Bonchev–Trinajstić information content (AvgIpc) is 2.90. The molecule has 3 rings (SSSR count). The third-order valence-electron chi connectivity index (χ3n) is 3.85. The van der Waals surface area contributed by atoms with Gasteiger partial charge in [0, 0.05) is 5.56 Å². The lowest BCUT2D eigenvalue weighted by Crippen LogP contribution is -2.27. The van der Waals surface area contributed by atoms with Crippen molar-refractivity contribution in [3.63, 3.8) is 0 Å². The Balaban J connectivity index is 1.69. The molecule has 2 aromatic carbocycles. The van der Waals surface area contributed by atoms with Crippen LogP contribution >= 0.6 is 0 Å². The van der Waals surface area contributed by atoms with E-state index in [1.807, 2.05) is 0 Å². The summed E-state index contributed by atoms with van der Waals surface area (Å²) in [5.41, 5.74) is 0.168. The number of fused-ring (bicyclic) bond motifs is 1. The van der Waals surface area contributed by atoms with Crippen molar-refractivity contribution in [2.24, 2.45) is 4.99 Å². The van der Waals surface area contributed by atoms with Gasteiger partial charge >= 0.3 is 5.97 Å². The van der Waals surface area contributed by atoms with Gasteiger partial charge in [0.2, 0.25) is 5.78 Å². The number of benzene rings is 2. The van der Waals surface area contributed by atoms with Crippen LogP contribution in [-0.2, 0) is 19.6 Å². The fourth-order valence-corrected chi connectivity index (χ4v) is 3.74. The number of rotatable bonds is 5. The van der Waals surface area contributed by atoms with Crippen molar-refractivity contribution in [2.75, 3.05) is 6.61 Å². The van der Waals surface area contributed by atoms with Crippen molar-refractivity contribution < 1.29 is 27.1 Å². The van der Waals surface area contributed by atoms with Crippen LogP contribution in [0.3, 0.4) is 0 Å². The van der Waals surface area contributed by atoms with Gasteiger partial charge in [-0.2, -0.15) is 0 Å². The molecule has 0 fully saturated rings. The van der Waals surface area contributed by atoms with Gasteiger partial charge in [-0.1, -0.05) is 24.3 Å². The summed E-state index contributed by atoms with van der Waals surface area (Å²) in [6.45, 7) is 0.759. The molecule has 2 aromatic rings. The Morgan fingerprint density at radius 2 is 1.81 bits per heavy atom. The lowest BCUT2D eigenvalue weighted by Gasteiger charge is -2.09. The number of esters is 1. The zero-order valence-electron chi connectivity index (χ0n) is 14.2. The highest BCUT2D eigenvalue weighted by atomic mass is 32.2. The SMILES string of the molecule is C[C@H](N=C1NS(=O)(=O)c2ccccc21)C(=O)OCC(=O)c1ccccc1F. The number of ketones is 1. The number of hydrogen-bond donors (Lipinski definition) is 1. The van der Waals surface area contributed by atoms with Gasteiger partial charge in [-0.3, -0.25) is 14.5 Å². The Kier molecular flexibility index (Phi) is 5.04. The van der Waals surface area contributed by atoms with Crippen molar-refractivity contribution in [1.29, 1.82) is 0 Å². The molecule has 0 unspecified atom stereocenters. The quantitative estimate of drug-likeness (QED) is 0.618. The number of sulfonamides is 1. The summed E-state index contributed by atoms with van der Waals surface area (Å²) in [5.74, 6) is -2.21. The fourth-order valence-electron chi connectivity index (χ4n) is 2.50. The average molecular weight is 390 g/mol. The van der Waals surface area contributed by atoms with Crippen LogP contribution in [0.2, 0.25) is 0 Å². The van der Waals surface area contributed by atoms with Gasteiger partial charge in [0.15, 0.2) is 6.61 Å². The van der Waals surface area contributed by atoms with Crippen LogP contribution in [0.5, 0.6) is 0 Å². The molecule has 0 aliphatic carbocycles. The first-order valence-electron chi connectivity index (χ1n) is 7.94. The minimum Gasteiger partial charge on any atom is -0.456 e. The first-order chi connectivity index (χ1) is 12.8. The summed E-state index contributed by atoms with van der Waals surface area (Å²) in [5, 5.41) is 0. The number of hydrogen-bond acceptors (Lipinski definition) is 6. The Labute approximate surface area is 154 Å². The maximum absolute atomic E-state index is 13.6. The molecule has 0 saturated heterocycles. The zero-order valence-corrected chi connectivity index (χ0v) is 15.0. The second-order valence-electron chi connectivity index (χ2n) is 5.77. The van der Waals surface area contributed by atoms with Gasteiger partial charge in [0.05, 0.1) is 10.5 Å². The Morgan fingerprint density at radius 3 is 2.56 bits per heavy atom. The molecular formula is C18H15FN2O5S. The van der Waals surface area contributed by atoms with E-state index in [4.69, 9.17) is 4.74 Å². The van der Waals surface area contributed by atoms with Crippen LogP contribution in [0.15, 0.2) is 58.4 Å². The number of amidine groups is 1. The van der Waals surface area contributed by atoms with E-state index in [2.05, 4.69) is 9.71 Å². The number of carbonyl (C=O) groups is 2. The van der Waals surface area contributed by atoms with Gasteiger partial charge < -0.3 is 4.74 Å². The standard InChI is InChI=1S/C18H15FN2O5S/c1-11(18(23)26-10-15(22)12-6-2-4-8-14(12)19)20-17-13-7-3-5-9-16(13)27(24,25)21-17/h2-9,11H,10H2,1H3,(H,20,21)/t11-/m0/s1. The van der Waals surface area contributed by atoms with Crippen molar-refractivity contribution in [3.05, 3.63) is 65.5 Å². The molecule has 0 amide bonds. The molecule has 0 bridgehead atoms. The summed E-state index contributed by atoms with van der Waals surface area (Å²) in [6.07, 6.45) is 0. The minimum absolute atomic E-state index is 0.0236. The number of nitrogens with one attached hydrogen (secondary N) is 1. The second-order valence-corrected chi connectivity index (χ2v) is 7.42. The van der Waals surface area contributed by atoms with E-state index in [0.717, 1.165) is 6.07 Å². The van der Waals surface area contributed by atoms with E-state index in [-0.39, 0.29) is 16.3 Å². The highest BCUT2D eigenvalue weighted by Crippen LogP contribution is 2.22. The molecular weight excluding hydrogens is 375 g/mol. The maximum atomic E-state index is 13.6. The highest BCUT2D eigenvalue weighted by molar-refractivity contribution is 7.90. The number of Topliss-reactive ketones (excluding diaryl/α,β-unsaturated/α-hetero) is 1. The molecule has 1 aliphatic heterocycles. The topological polar surface area (TPSA) is 102 Å². The third-order valence-corrected chi connectivity index (χ3v) is 5.24. The Morgan fingerprint density at radius 1 is 1.15 bits per heavy atom. The molecule has 7 nitrogen and oxygen atoms in total. The van der Waals surface area contributed by atoms with E-state index in [0.29, 0.717) is 5.56 Å². The normalized spacial score (nSPS) is 17.0. The smallest absolute Gasteiger partial charge is 0.331 e. The fraction of sp³-hybridized carbons (Fsp3) is 0.167. The van der Waals surface area contributed by atoms with Gasteiger partial charge in [0.25, 0.3) is 10.0 Å². The number of nitrogens with zero attached hydrogens (tertiary/aromatic N) is 1. The van der Waals surface area contributed by atoms with Gasteiger partial charge in [-0.05, 0) is 31.2 Å². The first kappa shape index (κ1) is 18.7. The van der Waals surface area contributed by atoms with Crippen LogP contribution < -0.4 is 4.72 Å². The van der Waals surface area contributed by atoms with E-state index in [1.165, 1.54) is 31.2 Å². The molecule has 1 N–H and O–H groups in total. The van der Waals surface area contributed by atoms with E-state index in [9.17, 15) is 22.4 Å². The summed E-state index contributed by atoms with van der Waals surface area (Å²) in [4.78, 5) is 28.1. The minimum atomic E-state index is -3.72. The predicted molar refractivity (Wildman–Crippen MR) is 94.5 cm³/mol. The first-order valence-corrected chi connectivity index (χ1v) is 9.42. The van der Waals surface area contributed by atoms with Gasteiger partial charge in [0.1, 0.15) is 17.7 Å². The number of carbonyl (C=O) groups excluding carboxylic acids is 2. The zero-order chi connectivity index (χ0) is 19.6. The molecule has 27 heavy (non-hydrogen) atoms. The molecule has 0 saturated carbocycles. The molecule has 140 valence electrons. The summed E-state index contributed by atoms with van der Waals surface area (Å²) >= 11 is 0. The molecule has 1 heterocycles. The molecule has 9 heteroatoms. The van der Waals surface area contributed by atoms with Crippen molar-refractivity contribution in [1.82, 2.24) is 4.72 Å². The molecule has 1 aliphatic rings. The summed E-state index contributed by atoms with van der Waals surface area (Å²) in [7, 11) is -3.72. The van der Waals surface area contributed by atoms with Crippen LogP contribution in [-0.4, -0.2) is 38.7 Å². The van der Waals surface area contributed by atoms with Crippen LogP contribution in [0.25, 0.3) is 0 Å². The predicted octanol–water partition coefficient (Wildman–Crippen LogP) is 1.68.